The second kappa shape index (κ2) is 7.29. The molecule has 1 aromatic carbocycles. The van der Waals surface area contributed by atoms with Crippen molar-refractivity contribution in [1.82, 2.24) is 5.32 Å². The Bertz CT molecular complexity index is 455. The van der Waals surface area contributed by atoms with Crippen LogP contribution in [0.3, 0.4) is 0 Å². The molecule has 0 saturated heterocycles. The van der Waals surface area contributed by atoms with Crippen molar-refractivity contribution in [2.45, 2.75) is 34.1 Å². The summed E-state index contributed by atoms with van der Waals surface area (Å²) in [6.45, 7) is 8.76. The summed E-state index contributed by atoms with van der Waals surface area (Å²) in [5, 5.41) is 11.9. The van der Waals surface area contributed by atoms with Gasteiger partial charge in [-0.2, -0.15) is 0 Å². The van der Waals surface area contributed by atoms with Crippen LogP contribution in [0.25, 0.3) is 0 Å². The molecule has 1 amide bonds. The number of hydrogen-bond acceptors (Lipinski definition) is 3. The van der Waals surface area contributed by atoms with E-state index in [1.54, 1.807) is 0 Å². The van der Waals surface area contributed by atoms with Gasteiger partial charge in [0.1, 0.15) is 5.75 Å². The van der Waals surface area contributed by atoms with E-state index in [4.69, 9.17) is 9.84 Å². The van der Waals surface area contributed by atoms with E-state index in [0.29, 0.717) is 19.6 Å². The minimum Gasteiger partial charge on any atom is -0.493 e. The molecule has 0 radical (unpaired) electrons. The van der Waals surface area contributed by atoms with E-state index in [0.717, 1.165) is 5.75 Å². The van der Waals surface area contributed by atoms with Gasteiger partial charge in [0.15, 0.2) is 0 Å². The lowest BCUT2D eigenvalue weighted by molar-refractivity contribution is -0.122. The minimum atomic E-state index is -0.287. The number of ether oxygens (including phenoxy) is 1. The van der Waals surface area contributed by atoms with Crippen LogP contribution in [0.1, 0.15) is 31.4 Å². The number of hydrogen-bond donors (Lipinski definition) is 2. The lowest BCUT2D eigenvalue weighted by Crippen LogP contribution is -2.36. The fourth-order valence-corrected chi connectivity index (χ4v) is 1.55. The molecular weight excluding hydrogens is 254 g/mol. The highest BCUT2D eigenvalue weighted by Gasteiger charge is 2.17. The topological polar surface area (TPSA) is 58.6 Å². The van der Waals surface area contributed by atoms with Gasteiger partial charge < -0.3 is 15.2 Å². The Balaban J connectivity index is 2.30. The zero-order valence-electron chi connectivity index (χ0n) is 12.8. The van der Waals surface area contributed by atoms with Gasteiger partial charge in [0, 0.05) is 18.6 Å². The molecular formula is C16H25NO3. The number of nitrogens with one attached hydrogen (secondary N) is 1. The van der Waals surface area contributed by atoms with Gasteiger partial charge in [0.2, 0.25) is 5.91 Å². The summed E-state index contributed by atoms with van der Waals surface area (Å²) in [6, 6.07) is 5.89. The highest BCUT2D eigenvalue weighted by atomic mass is 16.5. The van der Waals surface area contributed by atoms with Crippen molar-refractivity contribution >= 4 is 5.91 Å². The average Bonchev–Trinajstić information content (AvgIpc) is 2.41. The molecule has 0 fully saturated rings. The maximum atomic E-state index is 11.6. The van der Waals surface area contributed by atoms with E-state index in [-0.39, 0.29) is 17.9 Å². The Morgan fingerprint density at radius 1 is 1.30 bits per heavy atom. The first-order valence-corrected chi connectivity index (χ1v) is 6.92. The molecule has 2 N–H and O–H groups in total. The summed E-state index contributed by atoms with van der Waals surface area (Å²) in [4.78, 5) is 11.6. The number of carbonyl (C=O) groups excluding carboxylic acids is 1. The van der Waals surface area contributed by atoms with Gasteiger partial charge in [-0.25, -0.2) is 0 Å². The zero-order valence-corrected chi connectivity index (χ0v) is 12.8. The maximum Gasteiger partial charge on any atom is 0.223 e. The van der Waals surface area contributed by atoms with Gasteiger partial charge in [-0.1, -0.05) is 19.9 Å². The highest BCUT2D eigenvalue weighted by molar-refractivity contribution is 5.76. The van der Waals surface area contributed by atoms with E-state index in [1.807, 2.05) is 39.0 Å². The third-order valence-corrected chi connectivity index (χ3v) is 3.27. The highest BCUT2D eigenvalue weighted by Crippen LogP contribution is 2.16. The lowest BCUT2D eigenvalue weighted by Gasteiger charge is -2.21. The molecule has 0 aliphatic heterocycles. The van der Waals surface area contributed by atoms with Crippen LogP contribution in [-0.2, 0) is 4.79 Å². The van der Waals surface area contributed by atoms with Crippen LogP contribution in [-0.4, -0.2) is 30.8 Å². The van der Waals surface area contributed by atoms with Gasteiger partial charge in [-0.3, -0.25) is 4.79 Å². The van der Waals surface area contributed by atoms with Crippen LogP contribution in [0.4, 0.5) is 0 Å². The zero-order chi connectivity index (χ0) is 15.2. The Labute approximate surface area is 121 Å². The summed E-state index contributed by atoms with van der Waals surface area (Å²) in [6.07, 6.45) is 0.314. The fourth-order valence-electron chi connectivity index (χ4n) is 1.55. The fraction of sp³-hybridized carbons (Fsp3) is 0.562. The van der Waals surface area contributed by atoms with Crippen LogP contribution in [0, 0.1) is 19.3 Å². The van der Waals surface area contributed by atoms with Crippen molar-refractivity contribution in [3.8, 4) is 5.75 Å². The number of carbonyl (C=O) groups is 1. The molecule has 0 atom stereocenters. The molecule has 0 heterocycles. The Morgan fingerprint density at radius 2 is 2.00 bits per heavy atom. The van der Waals surface area contributed by atoms with E-state index >= 15 is 0 Å². The molecule has 0 aliphatic carbocycles. The third-order valence-electron chi connectivity index (χ3n) is 3.27. The summed E-state index contributed by atoms with van der Waals surface area (Å²) in [5.41, 5.74) is 2.11. The van der Waals surface area contributed by atoms with Gasteiger partial charge in [-0.05, 0) is 37.1 Å². The van der Waals surface area contributed by atoms with Crippen molar-refractivity contribution in [1.29, 1.82) is 0 Å². The predicted octanol–water partition coefficient (Wildman–Crippen LogP) is 2.21. The lowest BCUT2D eigenvalue weighted by atomic mass is 9.95. The normalized spacial score (nSPS) is 11.2. The number of aryl methyl sites for hydroxylation is 2. The third kappa shape index (κ3) is 5.61. The standard InChI is InChI=1S/C16H25NO3/c1-12-5-6-14(9-13(12)2)20-8-7-15(19)17-10-16(3,4)11-18/h5-6,9,18H,7-8,10-11H2,1-4H3,(H,17,19). The van der Waals surface area contributed by atoms with Crippen LogP contribution in [0.5, 0.6) is 5.75 Å². The number of aliphatic hydroxyl groups is 1. The van der Waals surface area contributed by atoms with E-state index in [2.05, 4.69) is 12.2 Å². The summed E-state index contributed by atoms with van der Waals surface area (Å²) in [7, 11) is 0. The SMILES string of the molecule is Cc1ccc(OCCC(=O)NCC(C)(C)CO)cc1C. The largest absolute Gasteiger partial charge is 0.493 e. The molecule has 112 valence electrons. The molecule has 1 rings (SSSR count). The molecule has 4 heteroatoms. The number of rotatable bonds is 7. The molecule has 20 heavy (non-hydrogen) atoms. The van der Waals surface area contributed by atoms with Gasteiger partial charge >= 0.3 is 0 Å². The van der Waals surface area contributed by atoms with Crippen molar-refractivity contribution in [2.24, 2.45) is 5.41 Å². The first-order valence-electron chi connectivity index (χ1n) is 6.92. The first kappa shape index (κ1) is 16.5. The van der Waals surface area contributed by atoms with E-state index in [1.165, 1.54) is 11.1 Å². The first-order chi connectivity index (χ1) is 9.34. The summed E-state index contributed by atoms with van der Waals surface area (Å²) < 4.78 is 5.56. The molecule has 0 bridgehead atoms. The van der Waals surface area contributed by atoms with Crippen LogP contribution in [0.2, 0.25) is 0 Å². The summed E-state index contributed by atoms with van der Waals surface area (Å²) >= 11 is 0. The Hall–Kier alpha value is -1.55. The molecule has 4 nitrogen and oxygen atoms in total. The summed E-state index contributed by atoms with van der Waals surface area (Å²) in [5.74, 6) is 0.729. The number of amides is 1. The molecule has 0 unspecified atom stereocenters. The second-order valence-electron chi connectivity index (χ2n) is 5.94. The van der Waals surface area contributed by atoms with Gasteiger partial charge in [-0.15, -0.1) is 0 Å². The molecule has 0 saturated carbocycles. The quantitative estimate of drug-likeness (QED) is 0.804. The van der Waals surface area contributed by atoms with Gasteiger partial charge in [0.05, 0.1) is 13.0 Å². The van der Waals surface area contributed by atoms with Crippen molar-refractivity contribution < 1.29 is 14.6 Å². The molecule has 0 spiro atoms. The Morgan fingerprint density at radius 3 is 2.60 bits per heavy atom. The van der Waals surface area contributed by atoms with Crippen LogP contribution in [0.15, 0.2) is 18.2 Å². The smallest absolute Gasteiger partial charge is 0.223 e. The second-order valence-corrected chi connectivity index (χ2v) is 5.94. The Kier molecular flexibility index (Phi) is 6.02. The van der Waals surface area contributed by atoms with Crippen molar-refractivity contribution in [3.05, 3.63) is 29.3 Å². The monoisotopic (exact) mass is 279 g/mol. The average molecular weight is 279 g/mol. The van der Waals surface area contributed by atoms with Crippen LogP contribution < -0.4 is 10.1 Å². The van der Waals surface area contributed by atoms with E-state index < -0.39 is 0 Å². The number of benzene rings is 1. The van der Waals surface area contributed by atoms with E-state index in [9.17, 15) is 4.79 Å². The van der Waals surface area contributed by atoms with Crippen LogP contribution >= 0.6 is 0 Å². The number of aliphatic hydroxyl groups excluding tert-OH is 1. The minimum absolute atomic E-state index is 0.0480. The maximum absolute atomic E-state index is 11.6. The van der Waals surface area contributed by atoms with Crippen molar-refractivity contribution in [3.63, 3.8) is 0 Å². The molecule has 0 aromatic heterocycles. The molecule has 0 aliphatic rings. The molecule has 1 aromatic rings. The van der Waals surface area contributed by atoms with Gasteiger partial charge in [0.25, 0.3) is 0 Å². The predicted molar refractivity (Wildman–Crippen MR) is 79.9 cm³/mol. The van der Waals surface area contributed by atoms with Crippen molar-refractivity contribution in [2.75, 3.05) is 19.8 Å².